The van der Waals surface area contributed by atoms with Crippen molar-refractivity contribution in [3.63, 3.8) is 0 Å². The third-order valence-electron chi connectivity index (χ3n) is 5.24. The van der Waals surface area contributed by atoms with E-state index in [2.05, 4.69) is 5.32 Å². The van der Waals surface area contributed by atoms with Crippen molar-refractivity contribution in [2.75, 3.05) is 14.2 Å². The number of hydrogen-bond acceptors (Lipinski definition) is 4. The zero-order chi connectivity index (χ0) is 18.8. The maximum Gasteiger partial charge on any atom is 0.324 e. The summed E-state index contributed by atoms with van der Waals surface area (Å²) in [7, 11) is 3.40. The highest BCUT2D eigenvalue weighted by Gasteiger charge is 2.56. The number of carbonyl (C=O) groups is 2. The van der Waals surface area contributed by atoms with Crippen LogP contribution in [0.25, 0.3) is 0 Å². The Kier molecular flexibility index (Phi) is 5.72. The maximum atomic E-state index is 12.8. The number of likely N-dealkylation sites (N-methyl/N-ethyl adjacent to an activating group) is 1. The molecule has 0 radical (unpaired) electrons. The molecule has 1 saturated heterocycles. The first-order chi connectivity index (χ1) is 11.8. The van der Waals surface area contributed by atoms with Crippen molar-refractivity contribution in [1.82, 2.24) is 10.2 Å². The maximum absolute atomic E-state index is 12.8. The van der Waals surface area contributed by atoms with Crippen molar-refractivity contribution in [2.45, 2.75) is 51.2 Å². The average Bonchev–Trinajstić information content (AvgIpc) is 2.88. The van der Waals surface area contributed by atoms with Gasteiger partial charge in [0.25, 0.3) is 0 Å². The predicted octanol–water partition coefficient (Wildman–Crippen LogP) is 2.45. The molecule has 0 aliphatic carbocycles. The van der Waals surface area contributed by atoms with Crippen molar-refractivity contribution in [2.24, 2.45) is 5.92 Å². The van der Waals surface area contributed by atoms with E-state index in [1.165, 1.54) is 0 Å². The molecule has 25 heavy (non-hydrogen) atoms. The molecule has 3 atom stereocenters. The van der Waals surface area contributed by atoms with Crippen LogP contribution in [-0.2, 0) is 9.59 Å². The third-order valence-corrected chi connectivity index (χ3v) is 5.24. The van der Waals surface area contributed by atoms with Gasteiger partial charge >= 0.3 is 5.97 Å². The lowest BCUT2D eigenvalue weighted by molar-refractivity contribution is -0.150. The Morgan fingerprint density at radius 1 is 1.36 bits per heavy atom. The predicted molar refractivity (Wildman–Crippen MR) is 95.5 cm³/mol. The van der Waals surface area contributed by atoms with Crippen LogP contribution in [0, 0.1) is 5.92 Å². The van der Waals surface area contributed by atoms with Gasteiger partial charge in [0.1, 0.15) is 11.3 Å². The normalized spacial score (nSPS) is 26.6. The molecule has 0 aromatic heterocycles. The highest BCUT2D eigenvalue weighted by atomic mass is 16.5. The molecule has 1 aliphatic rings. The van der Waals surface area contributed by atoms with Crippen LogP contribution in [0.3, 0.4) is 0 Å². The Labute approximate surface area is 149 Å². The molecule has 1 heterocycles. The van der Waals surface area contributed by atoms with Crippen LogP contribution in [-0.4, -0.2) is 47.6 Å². The fourth-order valence-corrected chi connectivity index (χ4v) is 3.82. The number of carbonyl (C=O) groups excluding carboxylic acids is 1. The Hall–Kier alpha value is -2.08. The molecule has 138 valence electrons. The number of methoxy groups -OCH3 is 1. The number of likely N-dealkylation sites (tertiary alicyclic amines) is 1. The molecule has 1 aliphatic heterocycles. The highest BCUT2D eigenvalue weighted by molar-refractivity contribution is 5.85. The summed E-state index contributed by atoms with van der Waals surface area (Å²) in [5, 5.41) is 12.8. The third kappa shape index (κ3) is 3.49. The molecule has 0 unspecified atom stereocenters. The second-order valence-corrected chi connectivity index (χ2v) is 6.99. The monoisotopic (exact) mass is 348 g/mol. The topological polar surface area (TPSA) is 78.9 Å². The Morgan fingerprint density at radius 3 is 2.40 bits per heavy atom. The van der Waals surface area contributed by atoms with Gasteiger partial charge in [-0.05, 0) is 51.4 Å². The quantitative estimate of drug-likeness (QED) is 0.825. The summed E-state index contributed by atoms with van der Waals surface area (Å²) in [4.78, 5) is 26.7. The van der Waals surface area contributed by atoms with Gasteiger partial charge in [-0.2, -0.15) is 0 Å². The molecule has 1 amide bonds. The van der Waals surface area contributed by atoms with Crippen molar-refractivity contribution in [1.29, 1.82) is 0 Å². The summed E-state index contributed by atoms with van der Waals surface area (Å²) in [6, 6.07) is 7.21. The van der Waals surface area contributed by atoms with Gasteiger partial charge in [-0.3, -0.25) is 14.5 Å². The number of nitrogens with one attached hydrogen (secondary N) is 1. The van der Waals surface area contributed by atoms with Crippen LogP contribution >= 0.6 is 0 Å². The largest absolute Gasteiger partial charge is 0.497 e. The molecule has 6 nitrogen and oxygen atoms in total. The van der Waals surface area contributed by atoms with Crippen LogP contribution in [0.5, 0.6) is 5.75 Å². The van der Waals surface area contributed by atoms with E-state index in [0.717, 1.165) is 11.3 Å². The van der Waals surface area contributed by atoms with Gasteiger partial charge in [0.2, 0.25) is 5.91 Å². The molecule has 1 aromatic carbocycles. The van der Waals surface area contributed by atoms with E-state index in [0.29, 0.717) is 12.8 Å². The van der Waals surface area contributed by atoms with Gasteiger partial charge in [-0.25, -0.2) is 0 Å². The smallest absolute Gasteiger partial charge is 0.324 e. The Balaban J connectivity index is 2.45. The van der Waals surface area contributed by atoms with Gasteiger partial charge in [-0.15, -0.1) is 0 Å². The second-order valence-electron chi connectivity index (χ2n) is 6.99. The molecule has 0 saturated carbocycles. The van der Waals surface area contributed by atoms with Gasteiger partial charge in [0, 0.05) is 12.1 Å². The van der Waals surface area contributed by atoms with Crippen LogP contribution < -0.4 is 10.1 Å². The summed E-state index contributed by atoms with van der Waals surface area (Å²) >= 11 is 0. The van der Waals surface area contributed by atoms with Crippen molar-refractivity contribution >= 4 is 11.9 Å². The van der Waals surface area contributed by atoms with Gasteiger partial charge in [0.05, 0.1) is 13.0 Å². The zero-order valence-electron chi connectivity index (χ0n) is 15.6. The van der Waals surface area contributed by atoms with Crippen molar-refractivity contribution in [3.05, 3.63) is 29.8 Å². The fourth-order valence-electron chi connectivity index (χ4n) is 3.82. The van der Waals surface area contributed by atoms with E-state index in [-0.39, 0.29) is 18.0 Å². The average molecular weight is 348 g/mol. The Morgan fingerprint density at radius 2 is 1.96 bits per heavy atom. The molecule has 6 heteroatoms. The first-order valence-corrected chi connectivity index (χ1v) is 8.67. The second kappa shape index (κ2) is 7.44. The van der Waals surface area contributed by atoms with Gasteiger partial charge in [-0.1, -0.05) is 19.1 Å². The van der Waals surface area contributed by atoms with E-state index in [1.807, 2.05) is 49.9 Å². The molecule has 1 aromatic rings. The summed E-state index contributed by atoms with van der Waals surface area (Å²) in [5.74, 6) is -0.667. The summed E-state index contributed by atoms with van der Waals surface area (Å²) in [6.07, 6.45) is 0.738. The summed E-state index contributed by atoms with van der Waals surface area (Å²) < 4.78 is 5.20. The van der Waals surface area contributed by atoms with Crippen LogP contribution in [0.15, 0.2) is 24.3 Å². The number of rotatable bonds is 6. The number of aliphatic carboxylic acids is 1. The van der Waals surface area contributed by atoms with E-state index in [9.17, 15) is 14.7 Å². The number of ether oxygens (including phenoxy) is 1. The Bertz CT molecular complexity index is 629. The molecular weight excluding hydrogens is 320 g/mol. The van der Waals surface area contributed by atoms with Crippen molar-refractivity contribution < 1.29 is 19.4 Å². The highest BCUT2D eigenvalue weighted by Crippen LogP contribution is 2.47. The minimum Gasteiger partial charge on any atom is -0.497 e. The van der Waals surface area contributed by atoms with Crippen molar-refractivity contribution in [3.8, 4) is 5.75 Å². The summed E-state index contributed by atoms with van der Waals surface area (Å²) in [5.41, 5.74) is -0.118. The van der Waals surface area contributed by atoms with E-state index >= 15 is 0 Å². The zero-order valence-corrected chi connectivity index (χ0v) is 15.6. The number of nitrogens with zero attached hydrogens (tertiary/aromatic N) is 1. The fraction of sp³-hybridized carbons (Fsp3) is 0.579. The molecule has 2 N–H and O–H groups in total. The first kappa shape index (κ1) is 19.2. The SMILES string of the molecule is CC[C@]1(C(=O)O)C[C@@H](C(=O)NC(C)C)[C@@H](c2ccc(OC)cc2)N1C. The summed E-state index contributed by atoms with van der Waals surface area (Å²) in [6.45, 7) is 5.67. The molecule has 2 rings (SSSR count). The molecule has 1 fully saturated rings. The molecular formula is C19H28N2O4. The standard InChI is InChI=1S/C19H28N2O4/c1-6-19(18(23)24)11-15(17(22)20-12(2)3)16(21(19)4)13-7-9-14(25-5)10-8-13/h7-10,12,15-16H,6,11H2,1-5H3,(H,20,22)(H,23,24)/t15-,16-,19-/m1/s1. The number of carboxylic acids is 1. The lowest BCUT2D eigenvalue weighted by atomic mass is 9.87. The number of hydrogen-bond donors (Lipinski definition) is 2. The van der Waals surface area contributed by atoms with E-state index < -0.39 is 17.4 Å². The van der Waals surface area contributed by atoms with Crippen LogP contribution in [0.1, 0.15) is 45.2 Å². The molecule has 0 bridgehead atoms. The van der Waals surface area contributed by atoms with E-state index in [1.54, 1.807) is 14.2 Å². The number of benzene rings is 1. The van der Waals surface area contributed by atoms with E-state index in [4.69, 9.17) is 4.74 Å². The number of carboxylic acid groups (broad SMARTS) is 1. The van der Waals surface area contributed by atoms with Gasteiger partial charge < -0.3 is 15.2 Å². The lowest BCUT2D eigenvalue weighted by Crippen LogP contribution is -2.48. The minimum atomic E-state index is -1.04. The van der Waals surface area contributed by atoms with Gasteiger partial charge in [0.15, 0.2) is 0 Å². The number of amides is 1. The van der Waals surface area contributed by atoms with Crippen LogP contribution in [0.4, 0.5) is 0 Å². The minimum absolute atomic E-state index is 0.00998. The lowest BCUT2D eigenvalue weighted by Gasteiger charge is -2.34. The first-order valence-electron chi connectivity index (χ1n) is 8.67. The molecule has 0 spiro atoms. The van der Waals surface area contributed by atoms with Crippen LogP contribution in [0.2, 0.25) is 0 Å².